The molecule has 1 atom stereocenters. The molecule has 8 heteroatoms. The molecule has 2 N–H and O–H groups in total. The van der Waals surface area contributed by atoms with E-state index in [4.69, 9.17) is 5.11 Å². The van der Waals surface area contributed by atoms with Crippen molar-refractivity contribution in [2.45, 2.75) is 32.4 Å². The van der Waals surface area contributed by atoms with E-state index < -0.39 is 17.9 Å². The van der Waals surface area contributed by atoms with Crippen LogP contribution in [0.1, 0.15) is 19.8 Å². The first-order valence-electron chi connectivity index (χ1n) is 6.45. The summed E-state index contributed by atoms with van der Waals surface area (Å²) in [6, 6.07) is 1.23. The van der Waals surface area contributed by atoms with Crippen LogP contribution >= 0.6 is 11.3 Å². The molecule has 2 aromatic rings. The summed E-state index contributed by atoms with van der Waals surface area (Å²) in [7, 11) is 0. The maximum atomic E-state index is 12.1. The minimum Gasteiger partial charge on any atom is -0.481 e. The van der Waals surface area contributed by atoms with Crippen LogP contribution in [-0.2, 0) is 16.1 Å². The Balaban J connectivity index is 2.09. The quantitative estimate of drug-likeness (QED) is 0.823. The molecule has 21 heavy (non-hydrogen) atoms. The minimum absolute atomic E-state index is 0.140. The number of aliphatic carboxylic acids is 1. The molecule has 1 amide bonds. The third-order valence-corrected chi connectivity index (χ3v) is 3.86. The molecule has 0 bridgehead atoms. The summed E-state index contributed by atoms with van der Waals surface area (Å²) < 4.78 is 1.22. The van der Waals surface area contributed by atoms with E-state index >= 15 is 0 Å². The Hall–Kier alpha value is -2.22. The van der Waals surface area contributed by atoms with Crippen molar-refractivity contribution in [1.29, 1.82) is 0 Å². The number of amides is 1. The number of hydrogen-bond acceptors (Lipinski definition) is 5. The fraction of sp³-hybridized carbons (Fsp3) is 0.385. The number of hydrogen-bond donors (Lipinski definition) is 2. The molecule has 0 aromatic carbocycles. The lowest BCUT2D eigenvalue weighted by Gasteiger charge is -2.15. The normalized spacial score (nSPS) is 12.2. The predicted octanol–water partition coefficient (Wildman–Crippen LogP) is 0.828. The summed E-state index contributed by atoms with van der Waals surface area (Å²) in [6.07, 6.45) is 1.70. The molecule has 2 rings (SSSR count). The van der Waals surface area contributed by atoms with E-state index in [0.29, 0.717) is 16.6 Å². The second-order valence-corrected chi connectivity index (χ2v) is 5.48. The Labute approximate surface area is 124 Å². The maximum Gasteiger partial charge on any atom is 0.305 e. The second kappa shape index (κ2) is 6.49. The predicted molar refractivity (Wildman–Crippen MR) is 78.4 cm³/mol. The van der Waals surface area contributed by atoms with Crippen LogP contribution in [-0.4, -0.2) is 32.6 Å². The van der Waals surface area contributed by atoms with Crippen LogP contribution in [0.3, 0.4) is 0 Å². The van der Waals surface area contributed by atoms with Gasteiger partial charge in [0.1, 0.15) is 11.4 Å². The molecular formula is C13H15N3O4S. The van der Waals surface area contributed by atoms with Crippen molar-refractivity contribution >= 4 is 33.4 Å². The van der Waals surface area contributed by atoms with Gasteiger partial charge >= 0.3 is 5.97 Å². The molecule has 0 aliphatic carbocycles. The van der Waals surface area contributed by atoms with E-state index in [1.54, 1.807) is 18.4 Å². The molecule has 0 spiro atoms. The molecule has 112 valence electrons. The van der Waals surface area contributed by atoms with Gasteiger partial charge in [0.15, 0.2) is 0 Å². The third kappa shape index (κ3) is 3.66. The van der Waals surface area contributed by atoms with Gasteiger partial charge in [-0.3, -0.25) is 19.0 Å². The van der Waals surface area contributed by atoms with Gasteiger partial charge in [0.05, 0.1) is 18.1 Å². The Kier molecular flexibility index (Phi) is 4.69. The molecule has 0 saturated heterocycles. The molecule has 1 unspecified atom stereocenters. The fourth-order valence-corrected chi connectivity index (χ4v) is 2.67. The topological polar surface area (TPSA) is 101 Å². The van der Waals surface area contributed by atoms with Crippen LogP contribution in [0.4, 0.5) is 0 Å². The molecule has 2 aromatic heterocycles. The maximum absolute atomic E-state index is 12.1. The number of aromatic nitrogens is 2. The Morgan fingerprint density at radius 1 is 1.52 bits per heavy atom. The molecule has 2 heterocycles. The molecule has 0 radical (unpaired) electrons. The van der Waals surface area contributed by atoms with Crippen molar-refractivity contribution in [1.82, 2.24) is 14.9 Å². The average Bonchev–Trinajstić information content (AvgIpc) is 2.90. The van der Waals surface area contributed by atoms with Crippen LogP contribution in [0.2, 0.25) is 0 Å². The van der Waals surface area contributed by atoms with Crippen LogP contribution in [0.5, 0.6) is 0 Å². The molecule has 7 nitrogen and oxygen atoms in total. The zero-order valence-corrected chi connectivity index (χ0v) is 12.2. The van der Waals surface area contributed by atoms with Gasteiger partial charge in [-0.1, -0.05) is 6.92 Å². The highest BCUT2D eigenvalue weighted by atomic mass is 32.1. The zero-order valence-electron chi connectivity index (χ0n) is 11.4. The van der Waals surface area contributed by atoms with E-state index in [-0.39, 0.29) is 18.5 Å². The fourth-order valence-electron chi connectivity index (χ4n) is 1.94. The van der Waals surface area contributed by atoms with Gasteiger partial charge in [-0.2, -0.15) is 0 Å². The number of carboxylic acid groups (broad SMARTS) is 1. The SMILES string of the molecule is CCC(CC(=O)O)NC(=O)Cn1cnc2sccc2c1=O. The second-order valence-electron chi connectivity index (χ2n) is 4.59. The van der Waals surface area contributed by atoms with E-state index in [2.05, 4.69) is 10.3 Å². The summed E-state index contributed by atoms with van der Waals surface area (Å²) in [5.74, 6) is -1.37. The van der Waals surface area contributed by atoms with Crippen LogP contribution in [0.15, 0.2) is 22.6 Å². The first-order chi connectivity index (χ1) is 10.0. The van der Waals surface area contributed by atoms with Gasteiger partial charge < -0.3 is 10.4 Å². The van der Waals surface area contributed by atoms with Crippen molar-refractivity contribution in [3.8, 4) is 0 Å². The summed E-state index contributed by atoms with van der Waals surface area (Å²) in [4.78, 5) is 39.4. The van der Waals surface area contributed by atoms with Gasteiger partial charge in [0.25, 0.3) is 5.56 Å². The van der Waals surface area contributed by atoms with Gasteiger partial charge in [0, 0.05) is 6.04 Å². The van der Waals surface area contributed by atoms with Crippen LogP contribution in [0, 0.1) is 0 Å². The van der Waals surface area contributed by atoms with Gasteiger partial charge in [-0.25, -0.2) is 4.98 Å². The van der Waals surface area contributed by atoms with Crippen molar-refractivity contribution in [2.75, 3.05) is 0 Å². The minimum atomic E-state index is -0.972. The Morgan fingerprint density at radius 2 is 2.29 bits per heavy atom. The van der Waals surface area contributed by atoms with Crippen molar-refractivity contribution in [2.24, 2.45) is 0 Å². The monoisotopic (exact) mass is 309 g/mol. The molecular weight excluding hydrogens is 294 g/mol. The molecule has 0 aliphatic heterocycles. The first kappa shape index (κ1) is 15.2. The summed E-state index contributed by atoms with van der Waals surface area (Å²) in [5.41, 5.74) is -0.275. The van der Waals surface area contributed by atoms with Crippen LogP contribution in [0.25, 0.3) is 10.2 Å². The number of carbonyl (C=O) groups is 2. The van der Waals surface area contributed by atoms with Crippen molar-refractivity contribution in [3.63, 3.8) is 0 Å². The number of rotatable bonds is 6. The highest BCUT2D eigenvalue weighted by Gasteiger charge is 2.15. The van der Waals surface area contributed by atoms with E-state index in [0.717, 1.165) is 0 Å². The summed E-state index contributed by atoms with van der Waals surface area (Å²) in [6.45, 7) is 1.62. The number of thiophene rings is 1. The van der Waals surface area contributed by atoms with E-state index in [1.165, 1.54) is 22.2 Å². The molecule has 0 aliphatic rings. The van der Waals surface area contributed by atoms with Crippen molar-refractivity contribution in [3.05, 3.63) is 28.1 Å². The number of carboxylic acids is 1. The van der Waals surface area contributed by atoms with Gasteiger partial charge in [-0.15, -0.1) is 11.3 Å². The third-order valence-electron chi connectivity index (χ3n) is 3.04. The Morgan fingerprint density at radius 3 is 2.95 bits per heavy atom. The largest absolute Gasteiger partial charge is 0.481 e. The zero-order chi connectivity index (χ0) is 15.4. The highest BCUT2D eigenvalue weighted by molar-refractivity contribution is 7.16. The Bertz CT molecular complexity index is 722. The van der Waals surface area contributed by atoms with E-state index in [1.807, 2.05) is 0 Å². The lowest BCUT2D eigenvalue weighted by atomic mass is 10.1. The molecule has 0 fully saturated rings. The highest BCUT2D eigenvalue weighted by Crippen LogP contribution is 2.13. The lowest BCUT2D eigenvalue weighted by molar-refractivity contribution is -0.137. The van der Waals surface area contributed by atoms with Crippen LogP contribution < -0.4 is 10.9 Å². The lowest BCUT2D eigenvalue weighted by Crippen LogP contribution is -2.39. The summed E-state index contributed by atoms with van der Waals surface area (Å²) >= 11 is 1.36. The number of nitrogens with one attached hydrogen (secondary N) is 1. The van der Waals surface area contributed by atoms with Gasteiger partial charge in [-0.05, 0) is 17.9 Å². The average molecular weight is 309 g/mol. The smallest absolute Gasteiger partial charge is 0.305 e. The van der Waals surface area contributed by atoms with Crippen molar-refractivity contribution < 1.29 is 14.7 Å². The standard InChI is InChI=1S/C13H15N3O4S/c1-2-8(5-11(18)19)15-10(17)6-16-7-14-12-9(13(16)20)3-4-21-12/h3-4,7-8H,2,5-6H2,1H3,(H,15,17)(H,18,19). The number of fused-ring (bicyclic) bond motifs is 1. The molecule has 0 saturated carbocycles. The number of carbonyl (C=O) groups excluding carboxylic acids is 1. The van der Waals surface area contributed by atoms with E-state index in [9.17, 15) is 14.4 Å². The number of nitrogens with zero attached hydrogens (tertiary/aromatic N) is 2. The van der Waals surface area contributed by atoms with Gasteiger partial charge in [0.2, 0.25) is 5.91 Å². The summed E-state index contributed by atoms with van der Waals surface area (Å²) in [5, 5.41) is 13.6. The first-order valence-corrected chi connectivity index (χ1v) is 7.33.